The number of nitrogens with zero attached hydrogens (tertiary/aromatic N) is 2. The Morgan fingerprint density at radius 1 is 1.33 bits per heavy atom. The van der Waals surface area contributed by atoms with Gasteiger partial charge in [0, 0.05) is 24.9 Å². The van der Waals surface area contributed by atoms with Gasteiger partial charge in [0.15, 0.2) is 9.84 Å². The first-order chi connectivity index (χ1) is 9.81. The summed E-state index contributed by atoms with van der Waals surface area (Å²) in [4.78, 5) is 0.222. The summed E-state index contributed by atoms with van der Waals surface area (Å²) in [6.45, 7) is 4.64. The number of benzene rings is 1. The fraction of sp³-hybridized carbons (Fsp3) is 0.400. The van der Waals surface area contributed by atoms with Gasteiger partial charge in [-0.15, -0.1) is 0 Å². The maximum atomic E-state index is 11.6. The largest absolute Gasteiger partial charge is 0.388 e. The molecular weight excluding hydrogens is 288 g/mol. The molecule has 21 heavy (non-hydrogen) atoms. The van der Waals surface area contributed by atoms with Gasteiger partial charge in [0.05, 0.1) is 16.7 Å². The molecule has 0 fully saturated rings. The lowest BCUT2D eigenvalue weighted by molar-refractivity contribution is 0.175. The first-order valence-corrected chi connectivity index (χ1v) is 8.72. The second kappa shape index (κ2) is 5.99. The van der Waals surface area contributed by atoms with Crippen molar-refractivity contribution in [3.05, 3.63) is 47.3 Å². The minimum Gasteiger partial charge on any atom is -0.388 e. The second-order valence-electron chi connectivity index (χ2n) is 5.16. The van der Waals surface area contributed by atoms with Crippen LogP contribution >= 0.6 is 0 Å². The van der Waals surface area contributed by atoms with Crippen LogP contribution in [0.3, 0.4) is 0 Å². The van der Waals surface area contributed by atoms with Crippen LogP contribution in [0.5, 0.6) is 0 Å². The lowest BCUT2D eigenvalue weighted by Crippen LogP contribution is -2.09. The summed E-state index contributed by atoms with van der Waals surface area (Å²) in [5.74, 6) is 0. The van der Waals surface area contributed by atoms with Crippen LogP contribution in [0.1, 0.15) is 30.0 Å². The van der Waals surface area contributed by atoms with Crippen molar-refractivity contribution in [2.75, 3.05) is 6.26 Å². The van der Waals surface area contributed by atoms with E-state index < -0.39 is 15.9 Å². The van der Waals surface area contributed by atoms with E-state index in [0.29, 0.717) is 12.0 Å². The Balaban J connectivity index is 2.26. The molecule has 0 aliphatic rings. The number of aliphatic hydroxyl groups is 1. The van der Waals surface area contributed by atoms with Crippen LogP contribution in [-0.4, -0.2) is 29.6 Å². The molecule has 2 aromatic rings. The Morgan fingerprint density at radius 3 is 2.67 bits per heavy atom. The fourth-order valence-electron chi connectivity index (χ4n) is 2.31. The van der Waals surface area contributed by atoms with E-state index in [9.17, 15) is 13.5 Å². The van der Waals surface area contributed by atoms with Crippen LogP contribution in [0.15, 0.2) is 35.2 Å². The smallest absolute Gasteiger partial charge is 0.175 e. The van der Waals surface area contributed by atoms with Crippen molar-refractivity contribution >= 4 is 9.84 Å². The van der Waals surface area contributed by atoms with Crippen molar-refractivity contribution in [1.82, 2.24) is 9.78 Å². The molecule has 0 spiro atoms. The highest BCUT2D eigenvalue weighted by atomic mass is 32.2. The number of hydrogen-bond donors (Lipinski definition) is 1. The molecule has 114 valence electrons. The summed E-state index contributed by atoms with van der Waals surface area (Å²) in [7, 11) is -3.27. The van der Waals surface area contributed by atoms with Crippen molar-refractivity contribution in [3.63, 3.8) is 0 Å². The first-order valence-electron chi connectivity index (χ1n) is 6.82. The summed E-state index contributed by atoms with van der Waals surface area (Å²) < 4.78 is 25.0. The van der Waals surface area contributed by atoms with E-state index in [1.165, 1.54) is 12.1 Å². The maximum absolute atomic E-state index is 11.6. The Labute approximate surface area is 125 Å². The molecule has 6 heteroatoms. The minimum absolute atomic E-state index is 0.222. The Kier molecular flexibility index (Phi) is 4.49. The van der Waals surface area contributed by atoms with Crippen LogP contribution in [0, 0.1) is 6.92 Å². The highest BCUT2D eigenvalue weighted by molar-refractivity contribution is 7.90. The molecule has 1 atom stereocenters. The summed E-state index contributed by atoms with van der Waals surface area (Å²) in [5, 5.41) is 14.7. The van der Waals surface area contributed by atoms with Crippen molar-refractivity contribution in [3.8, 4) is 0 Å². The average molecular weight is 308 g/mol. The molecule has 0 aliphatic heterocycles. The Morgan fingerprint density at radius 2 is 2.05 bits per heavy atom. The van der Waals surface area contributed by atoms with E-state index in [2.05, 4.69) is 5.10 Å². The normalized spacial score (nSPS) is 13.3. The molecule has 1 N–H and O–H groups in total. The zero-order chi connectivity index (χ0) is 15.6. The lowest BCUT2D eigenvalue weighted by Gasteiger charge is -2.13. The highest BCUT2D eigenvalue weighted by Crippen LogP contribution is 2.21. The van der Waals surface area contributed by atoms with Gasteiger partial charge in [0.1, 0.15) is 0 Å². The van der Waals surface area contributed by atoms with Gasteiger partial charge >= 0.3 is 0 Å². The molecular formula is C15H20N2O3S. The van der Waals surface area contributed by atoms with E-state index in [1.54, 1.807) is 12.1 Å². The maximum Gasteiger partial charge on any atom is 0.175 e. The van der Waals surface area contributed by atoms with Gasteiger partial charge in [-0.25, -0.2) is 8.42 Å². The van der Waals surface area contributed by atoms with Gasteiger partial charge in [-0.3, -0.25) is 4.68 Å². The lowest BCUT2D eigenvalue weighted by atomic mass is 10.0. The summed E-state index contributed by atoms with van der Waals surface area (Å²) in [5.41, 5.74) is 2.44. The van der Waals surface area contributed by atoms with Gasteiger partial charge in [-0.2, -0.15) is 5.10 Å². The molecule has 0 bridgehead atoms. The Bertz CT molecular complexity index is 735. The van der Waals surface area contributed by atoms with E-state index in [0.717, 1.165) is 24.2 Å². The molecule has 1 aromatic heterocycles. The molecule has 0 saturated carbocycles. The third kappa shape index (κ3) is 3.71. The molecule has 5 nitrogen and oxygen atoms in total. The Hall–Kier alpha value is -1.66. The first kappa shape index (κ1) is 15.7. The SMILES string of the molecule is CCn1nc(C)cc1CC(O)c1cccc(S(C)(=O)=O)c1. The zero-order valence-corrected chi connectivity index (χ0v) is 13.3. The van der Waals surface area contributed by atoms with Crippen LogP contribution in [-0.2, 0) is 22.8 Å². The number of aliphatic hydroxyl groups excluding tert-OH is 1. The third-order valence-corrected chi connectivity index (χ3v) is 4.47. The zero-order valence-electron chi connectivity index (χ0n) is 12.4. The molecule has 1 unspecified atom stereocenters. The van der Waals surface area contributed by atoms with E-state index in [-0.39, 0.29) is 4.90 Å². The van der Waals surface area contributed by atoms with Crippen LogP contribution in [0.4, 0.5) is 0 Å². The van der Waals surface area contributed by atoms with Crippen molar-refractivity contribution < 1.29 is 13.5 Å². The summed E-state index contributed by atoms with van der Waals surface area (Å²) >= 11 is 0. The number of hydrogen-bond acceptors (Lipinski definition) is 4. The van der Waals surface area contributed by atoms with Gasteiger partial charge < -0.3 is 5.11 Å². The van der Waals surface area contributed by atoms with Gasteiger partial charge in [-0.1, -0.05) is 12.1 Å². The van der Waals surface area contributed by atoms with Crippen LogP contribution < -0.4 is 0 Å². The summed E-state index contributed by atoms with van der Waals surface area (Å²) in [6, 6.07) is 8.38. The van der Waals surface area contributed by atoms with E-state index in [1.807, 2.05) is 24.6 Å². The molecule has 0 aliphatic carbocycles. The minimum atomic E-state index is -3.27. The quantitative estimate of drug-likeness (QED) is 0.915. The fourth-order valence-corrected chi connectivity index (χ4v) is 2.98. The standard InChI is InChI=1S/C15H20N2O3S/c1-4-17-13(8-11(2)16-17)10-15(18)12-6-5-7-14(9-12)21(3,19)20/h5-9,15,18H,4,10H2,1-3H3. The van der Waals surface area contributed by atoms with Crippen molar-refractivity contribution in [2.45, 2.75) is 37.8 Å². The van der Waals surface area contributed by atoms with Gasteiger partial charge in [0.2, 0.25) is 0 Å². The molecule has 2 rings (SSSR count). The molecule has 1 heterocycles. The van der Waals surface area contributed by atoms with Crippen LogP contribution in [0.2, 0.25) is 0 Å². The van der Waals surface area contributed by atoms with E-state index in [4.69, 9.17) is 0 Å². The van der Waals surface area contributed by atoms with Gasteiger partial charge in [0.25, 0.3) is 0 Å². The molecule has 0 amide bonds. The second-order valence-corrected chi connectivity index (χ2v) is 7.17. The van der Waals surface area contributed by atoms with Crippen LogP contribution in [0.25, 0.3) is 0 Å². The average Bonchev–Trinajstić information content (AvgIpc) is 2.78. The predicted molar refractivity (Wildman–Crippen MR) is 80.9 cm³/mol. The van der Waals surface area contributed by atoms with E-state index >= 15 is 0 Å². The number of aromatic nitrogens is 2. The predicted octanol–water partition coefficient (Wildman–Crippen LogP) is 1.89. The van der Waals surface area contributed by atoms with Crippen molar-refractivity contribution in [1.29, 1.82) is 0 Å². The third-order valence-electron chi connectivity index (χ3n) is 3.36. The highest BCUT2D eigenvalue weighted by Gasteiger charge is 2.15. The van der Waals surface area contributed by atoms with Crippen molar-refractivity contribution in [2.24, 2.45) is 0 Å². The number of aryl methyl sites for hydroxylation is 2. The number of sulfone groups is 1. The monoisotopic (exact) mass is 308 g/mol. The van der Waals surface area contributed by atoms with Gasteiger partial charge in [-0.05, 0) is 37.6 Å². The summed E-state index contributed by atoms with van der Waals surface area (Å²) in [6.07, 6.45) is 0.809. The molecule has 0 saturated heterocycles. The topological polar surface area (TPSA) is 72.2 Å². The molecule has 1 aromatic carbocycles. The number of rotatable bonds is 5. The molecule has 0 radical (unpaired) electrons.